The first-order valence-electron chi connectivity index (χ1n) is 3.66. The first-order valence-corrected chi connectivity index (χ1v) is 4.78. The standard InChI is InChI=1S/C8H13BrO/c1-8(2)6(3-4-9)7(8)5-10/h5-7H,3-4H2,1-2H3. The molecule has 0 bridgehead atoms. The van der Waals surface area contributed by atoms with E-state index >= 15 is 0 Å². The number of alkyl halides is 1. The Hall–Kier alpha value is 0.150. The van der Waals surface area contributed by atoms with Gasteiger partial charge in [0.1, 0.15) is 6.29 Å². The van der Waals surface area contributed by atoms with Crippen LogP contribution in [0.2, 0.25) is 0 Å². The molecule has 0 aromatic carbocycles. The highest BCUT2D eigenvalue weighted by atomic mass is 79.9. The van der Waals surface area contributed by atoms with E-state index < -0.39 is 0 Å². The van der Waals surface area contributed by atoms with Crippen molar-refractivity contribution in [2.75, 3.05) is 5.33 Å². The molecule has 1 fully saturated rings. The molecule has 0 saturated heterocycles. The third-order valence-corrected chi connectivity index (χ3v) is 3.16. The van der Waals surface area contributed by atoms with Crippen LogP contribution < -0.4 is 0 Å². The lowest BCUT2D eigenvalue weighted by atomic mass is 10.1. The summed E-state index contributed by atoms with van der Waals surface area (Å²) in [5.74, 6) is 0.953. The monoisotopic (exact) mass is 204 g/mol. The average molecular weight is 205 g/mol. The molecule has 2 atom stereocenters. The van der Waals surface area contributed by atoms with Gasteiger partial charge in [-0.2, -0.15) is 0 Å². The van der Waals surface area contributed by atoms with Crippen molar-refractivity contribution in [2.45, 2.75) is 20.3 Å². The highest BCUT2D eigenvalue weighted by molar-refractivity contribution is 9.09. The summed E-state index contributed by atoms with van der Waals surface area (Å²) in [5.41, 5.74) is 0.287. The van der Waals surface area contributed by atoms with Crippen molar-refractivity contribution >= 4 is 22.2 Å². The Labute approximate surface area is 70.3 Å². The largest absolute Gasteiger partial charge is 0.303 e. The van der Waals surface area contributed by atoms with Crippen LogP contribution in [0.4, 0.5) is 0 Å². The third kappa shape index (κ3) is 1.14. The maximum absolute atomic E-state index is 10.5. The zero-order chi connectivity index (χ0) is 7.78. The minimum Gasteiger partial charge on any atom is -0.303 e. The highest BCUT2D eigenvalue weighted by Gasteiger charge is 2.56. The minimum atomic E-state index is 0.287. The molecule has 0 aromatic rings. The molecule has 0 aliphatic heterocycles. The fraction of sp³-hybridized carbons (Fsp3) is 0.875. The number of carbonyl (C=O) groups excluding carboxylic acids is 1. The third-order valence-electron chi connectivity index (χ3n) is 2.71. The Morgan fingerprint density at radius 1 is 1.60 bits per heavy atom. The van der Waals surface area contributed by atoms with Gasteiger partial charge in [0.15, 0.2) is 0 Å². The van der Waals surface area contributed by atoms with Gasteiger partial charge in [-0.05, 0) is 17.8 Å². The van der Waals surface area contributed by atoms with Gasteiger partial charge in [-0.25, -0.2) is 0 Å². The van der Waals surface area contributed by atoms with E-state index in [0.29, 0.717) is 11.8 Å². The molecule has 0 heterocycles. The second-order valence-corrected chi connectivity index (χ2v) is 4.36. The number of halogens is 1. The van der Waals surface area contributed by atoms with Gasteiger partial charge in [-0.15, -0.1) is 0 Å². The van der Waals surface area contributed by atoms with Crippen LogP contribution in [0.1, 0.15) is 20.3 Å². The Balaban J connectivity index is 2.44. The summed E-state index contributed by atoms with van der Waals surface area (Å²) in [7, 11) is 0. The van der Waals surface area contributed by atoms with E-state index in [1.807, 2.05) is 0 Å². The van der Waals surface area contributed by atoms with Crippen LogP contribution >= 0.6 is 15.9 Å². The van der Waals surface area contributed by atoms with Gasteiger partial charge in [0.2, 0.25) is 0 Å². The minimum absolute atomic E-state index is 0.287. The number of hydrogen-bond acceptors (Lipinski definition) is 1. The SMILES string of the molecule is CC1(C)C(C=O)C1CCBr. The summed E-state index contributed by atoms with van der Waals surface area (Å²) in [6.07, 6.45) is 2.24. The zero-order valence-electron chi connectivity index (χ0n) is 6.43. The summed E-state index contributed by atoms with van der Waals surface area (Å²) in [5, 5.41) is 1.02. The van der Waals surface area contributed by atoms with E-state index in [1.165, 1.54) is 0 Å². The van der Waals surface area contributed by atoms with Gasteiger partial charge in [0, 0.05) is 11.2 Å². The predicted octanol–water partition coefficient (Wildman–Crippen LogP) is 2.24. The average Bonchev–Trinajstić information content (AvgIpc) is 2.36. The van der Waals surface area contributed by atoms with Gasteiger partial charge < -0.3 is 4.79 Å². The van der Waals surface area contributed by atoms with Crippen LogP contribution in [0, 0.1) is 17.3 Å². The van der Waals surface area contributed by atoms with Crippen LogP contribution in [0.3, 0.4) is 0 Å². The van der Waals surface area contributed by atoms with E-state index in [4.69, 9.17) is 0 Å². The lowest BCUT2D eigenvalue weighted by molar-refractivity contribution is -0.109. The summed E-state index contributed by atoms with van der Waals surface area (Å²) < 4.78 is 0. The quantitative estimate of drug-likeness (QED) is 0.510. The van der Waals surface area contributed by atoms with E-state index in [1.54, 1.807) is 0 Å². The molecule has 1 saturated carbocycles. The Bertz CT molecular complexity index is 142. The fourth-order valence-corrected chi connectivity index (χ4v) is 2.22. The van der Waals surface area contributed by atoms with Crippen molar-refractivity contribution in [2.24, 2.45) is 17.3 Å². The topological polar surface area (TPSA) is 17.1 Å². The second kappa shape index (κ2) is 2.65. The van der Waals surface area contributed by atoms with E-state index in [9.17, 15) is 4.79 Å². The number of hydrogen-bond donors (Lipinski definition) is 0. The molecule has 0 aromatic heterocycles. The lowest BCUT2D eigenvalue weighted by Crippen LogP contribution is -1.91. The van der Waals surface area contributed by atoms with Crippen LogP contribution in [-0.2, 0) is 4.79 Å². The van der Waals surface area contributed by atoms with Crippen molar-refractivity contribution in [3.05, 3.63) is 0 Å². The lowest BCUT2D eigenvalue weighted by Gasteiger charge is -1.97. The van der Waals surface area contributed by atoms with Crippen molar-refractivity contribution < 1.29 is 4.79 Å². The number of aldehydes is 1. The first-order chi connectivity index (χ1) is 4.64. The molecule has 2 heteroatoms. The molecule has 2 unspecified atom stereocenters. The number of carbonyl (C=O) groups is 1. The first kappa shape index (κ1) is 8.25. The summed E-state index contributed by atoms with van der Waals surface area (Å²) in [6, 6.07) is 0. The van der Waals surface area contributed by atoms with Crippen molar-refractivity contribution in [1.29, 1.82) is 0 Å². The van der Waals surface area contributed by atoms with Gasteiger partial charge in [-0.3, -0.25) is 0 Å². The Kier molecular flexibility index (Phi) is 2.18. The molecule has 0 N–H and O–H groups in total. The van der Waals surface area contributed by atoms with Gasteiger partial charge in [-0.1, -0.05) is 29.8 Å². The van der Waals surface area contributed by atoms with E-state index in [2.05, 4.69) is 29.8 Å². The Morgan fingerprint density at radius 3 is 2.50 bits per heavy atom. The van der Waals surface area contributed by atoms with E-state index in [0.717, 1.165) is 18.0 Å². The highest BCUT2D eigenvalue weighted by Crippen LogP contribution is 2.58. The summed E-state index contributed by atoms with van der Waals surface area (Å²) >= 11 is 3.38. The summed E-state index contributed by atoms with van der Waals surface area (Å²) in [4.78, 5) is 10.5. The van der Waals surface area contributed by atoms with Gasteiger partial charge in [0.25, 0.3) is 0 Å². The van der Waals surface area contributed by atoms with Crippen LogP contribution in [-0.4, -0.2) is 11.6 Å². The van der Waals surface area contributed by atoms with Crippen molar-refractivity contribution in [3.8, 4) is 0 Å². The van der Waals surface area contributed by atoms with Crippen molar-refractivity contribution in [1.82, 2.24) is 0 Å². The molecular formula is C8H13BrO. The predicted molar refractivity (Wildman–Crippen MR) is 45.2 cm³/mol. The molecule has 1 aliphatic carbocycles. The molecule has 1 aliphatic rings. The zero-order valence-corrected chi connectivity index (χ0v) is 8.02. The smallest absolute Gasteiger partial charge is 0.123 e. The number of rotatable bonds is 3. The van der Waals surface area contributed by atoms with Crippen LogP contribution in [0.15, 0.2) is 0 Å². The normalized spacial score (nSPS) is 35.5. The molecule has 58 valence electrons. The fourth-order valence-electron chi connectivity index (χ4n) is 1.73. The molecule has 1 nitrogen and oxygen atoms in total. The van der Waals surface area contributed by atoms with Gasteiger partial charge in [0.05, 0.1) is 0 Å². The molecule has 10 heavy (non-hydrogen) atoms. The van der Waals surface area contributed by atoms with Crippen molar-refractivity contribution in [3.63, 3.8) is 0 Å². The summed E-state index contributed by atoms with van der Waals surface area (Å²) in [6.45, 7) is 4.33. The maximum Gasteiger partial charge on any atom is 0.123 e. The van der Waals surface area contributed by atoms with E-state index in [-0.39, 0.29) is 5.41 Å². The Morgan fingerprint density at radius 2 is 2.20 bits per heavy atom. The molecule has 0 spiro atoms. The van der Waals surface area contributed by atoms with Gasteiger partial charge >= 0.3 is 0 Å². The molecule has 1 rings (SSSR count). The van der Waals surface area contributed by atoms with Crippen LogP contribution in [0.5, 0.6) is 0 Å². The van der Waals surface area contributed by atoms with Crippen LogP contribution in [0.25, 0.3) is 0 Å². The molecule has 0 radical (unpaired) electrons. The molecular weight excluding hydrogens is 192 g/mol. The maximum atomic E-state index is 10.5. The molecule has 0 amide bonds. The second-order valence-electron chi connectivity index (χ2n) is 3.57.